The molecule has 1 aliphatic rings. The summed E-state index contributed by atoms with van der Waals surface area (Å²) < 4.78 is 0. The molecule has 3 nitrogen and oxygen atoms in total. The fourth-order valence-electron chi connectivity index (χ4n) is 2.14. The number of fused-ring (bicyclic) bond motifs is 1. The van der Waals surface area contributed by atoms with Crippen LogP contribution in [0.4, 0.5) is 11.4 Å². The average molecular weight is 206 g/mol. The number of hydrogen-bond acceptors (Lipinski definition) is 3. The molecular weight excluding hydrogens is 188 g/mol. The smallest absolute Gasteiger partial charge is 0.0782 e. The molecule has 0 aliphatic carbocycles. The van der Waals surface area contributed by atoms with Gasteiger partial charge in [-0.15, -0.1) is 0 Å². The van der Waals surface area contributed by atoms with E-state index in [1.54, 1.807) is 0 Å². The Bertz CT molecular complexity index is 348. The highest BCUT2D eigenvalue weighted by atomic mass is 16.3. The second-order valence-electron chi connectivity index (χ2n) is 4.23. The number of hydrogen-bond donors (Lipinski definition) is 1. The van der Waals surface area contributed by atoms with Gasteiger partial charge >= 0.3 is 0 Å². The van der Waals surface area contributed by atoms with Gasteiger partial charge in [0.25, 0.3) is 0 Å². The third-order valence-electron chi connectivity index (χ3n) is 3.06. The van der Waals surface area contributed by atoms with Crippen LogP contribution < -0.4 is 9.80 Å². The summed E-state index contributed by atoms with van der Waals surface area (Å²) in [6.45, 7) is 3.86. The topological polar surface area (TPSA) is 26.7 Å². The first-order valence-corrected chi connectivity index (χ1v) is 5.34. The fraction of sp³-hybridized carbons (Fsp3) is 0.500. The molecule has 0 spiro atoms. The zero-order chi connectivity index (χ0) is 11.0. The van der Waals surface area contributed by atoms with Gasteiger partial charge in [-0.3, -0.25) is 0 Å². The molecule has 1 aliphatic heterocycles. The molecule has 1 heterocycles. The highest BCUT2D eigenvalue weighted by Gasteiger charge is 2.21. The number of aliphatic hydroxyl groups is 1. The van der Waals surface area contributed by atoms with Crippen molar-refractivity contribution in [2.75, 3.05) is 37.0 Å². The van der Waals surface area contributed by atoms with Gasteiger partial charge in [0.1, 0.15) is 0 Å². The van der Waals surface area contributed by atoms with Crippen molar-refractivity contribution in [1.82, 2.24) is 0 Å². The van der Waals surface area contributed by atoms with Crippen molar-refractivity contribution >= 4 is 11.4 Å². The van der Waals surface area contributed by atoms with Crippen LogP contribution in [0, 0.1) is 0 Å². The van der Waals surface area contributed by atoms with Crippen LogP contribution in [0.2, 0.25) is 0 Å². The van der Waals surface area contributed by atoms with Crippen molar-refractivity contribution in [1.29, 1.82) is 0 Å². The molecule has 3 heteroatoms. The second kappa shape index (κ2) is 3.74. The van der Waals surface area contributed by atoms with Gasteiger partial charge in [0.2, 0.25) is 0 Å². The molecule has 1 atom stereocenters. The summed E-state index contributed by atoms with van der Waals surface area (Å²) in [7, 11) is 4.18. The van der Waals surface area contributed by atoms with Gasteiger partial charge in [-0.05, 0) is 13.0 Å². The molecule has 0 amide bonds. The monoisotopic (exact) mass is 206 g/mol. The van der Waals surface area contributed by atoms with Gasteiger partial charge in [-0.2, -0.15) is 0 Å². The van der Waals surface area contributed by atoms with E-state index in [4.69, 9.17) is 0 Å². The largest absolute Gasteiger partial charge is 0.389 e. The summed E-state index contributed by atoms with van der Waals surface area (Å²) in [6, 6.07) is 6.12. The van der Waals surface area contributed by atoms with E-state index in [1.807, 2.05) is 19.1 Å². The van der Waals surface area contributed by atoms with E-state index in [-0.39, 0.29) is 0 Å². The number of rotatable bonds is 1. The van der Waals surface area contributed by atoms with Crippen molar-refractivity contribution in [3.63, 3.8) is 0 Å². The molecule has 82 valence electrons. The van der Waals surface area contributed by atoms with Gasteiger partial charge in [0.05, 0.1) is 17.5 Å². The van der Waals surface area contributed by atoms with Crippen molar-refractivity contribution in [2.45, 2.75) is 13.0 Å². The number of nitrogens with zero attached hydrogens (tertiary/aromatic N) is 2. The lowest BCUT2D eigenvalue weighted by atomic mass is 10.0. The van der Waals surface area contributed by atoms with Crippen LogP contribution in [0.15, 0.2) is 18.2 Å². The zero-order valence-electron chi connectivity index (χ0n) is 9.57. The van der Waals surface area contributed by atoms with Crippen LogP contribution in [0.5, 0.6) is 0 Å². The lowest BCUT2D eigenvalue weighted by molar-refractivity contribution is 0.199. The maximum atomic E-state index is 9.74. The molecule has 0 bridgehead atoms. The van der Waals surface area contributed by atoms with Gasteiger partial charge in [0.15, 0.2) is 0 Å². The third-order valence-corrected chi connectivity index (χ3v) is 3.06. The van der Waals surface area contributed by atoms with Gasteiger partial charge in [-0.1, -0.05) is 12.1 Å². The Morgan fingerprint density at radius 3 is 2.53 bits per heavy atom. The molecule has 0 saturated carbocycles. The van der Waals surface area contributed by atoms with Crippen molar-refractivity contribution < 1.29 is 5.11 Å². The predicted octanol–water partition coefficient (Wildman–Crippen LogP) is 1.63. The molecule has 0 aromatic heterocycles. The summed E-state index contributed by atoms with van der Waals surface area (Å²) in [6.07, 6.45) is -0.408. The summed E-state index contributed by atoms with van der Waals surface area (Å²) in [5, 5.41) is 9.74. The van der Waals surface area contributed by atoms with Crippen LogP contribution in [0.1, 0.15) is 18.6 Å². The van der Waals surface area contributed by atoms with E-state index >= 15 is 0 Å². The van der Waals surface area contributed by atoms with Crippen LogP contribution in [0.3, 0.4) is 0 Å². The Labute approximate surface area is 90.9 Å². The first-order chi connectivity index (χ1) is 7.11. The SMILES string of the molecule is CC(O)c1cccc2c1N(C)CCN2C. The average Bonchev–Trinajstić information content (AvgIpc) is 2.23. The minimum Gasteiger partial charge on any atom is -0.389 e. The minimum absolute atomic E-state index is 0.408. The van der Waals surface area contributed by atoms with Gasteiger partial charge in [0, 0.05) is 32.7 Å². The summed E-state index contributed by atoms with van der Waals surface area (Å²) in [4.78, 5) is 4.46. The van der Waals surface area contributed by atoms with Crippen LogP contribution in [0.25, 0.3) is 0 Å². The quantitative estimate of drug-likeness (QED) is 0.756. The zero-order valence-corrected chi connectivity index (χ0v) is 9.57. The molecule has 1 aromatic carbocycles. The summed E-state index contributed by atoms with van der Waals surface area (Å²) in [5.41, 5.74) is 3.39. The van der Waals surface area contributed by atoms with E-state index in [0.29, 0.717) is 0 Å². The highest BCUT2D eigenvalue weighted by Crippen LogP contribution is 2.37. The minimum atomic E-state index is -0.408. The summed E-state index contributed by atoms with van der Waals surface area (Å²) in [5.74, 6) is 0. The second-order valence-corrected chi connectivity index (χ2v) is 4.23. The number of anilines is 2. The number of para-hydroxylation sites is 1. The molecule has 0 saturated heterocycles. The van der Waals surface area contributed by atoms with Gasteiger partial charge < -0.3 is 14.9 Å². The Kier molecular flexibility index (Phi) is 2.57. The fourth-order valence-corrected chi connectivity index (χ4v) is 2.14. The first kappa shape index (κ1) is 10.3. The van der Waals surface area contributed by atoms with E-state index in [9.17, 15) is 5.11 Å². The van der Waals surface area contributed by atoms with Crippen molar-refractivity contribution in [2.24, 2.45) is 0 Å². The van der Waals surface area contributed by atoms with Crippen molar-refractivity contribution in [3.8, 4) is 0 Å². The van der Waals surface area contributed by atoms with E-state index in [1.165, 1.54) is 11.4 Å². The number of aliphatic hydroxyl groups excluding tert-OH is 1. The predicted molar refractivity (Wildman–Crippen MR) is 63.6 cm³/mol. The summed E-state index contributed by atoms with van der Waals surface area (Å²) >= 11 is 0. The highest BCUT2D eigenvalue weighted by molar-refractivity contribution is 5.76. The van der Waals surface area contributed by atoms with E-state index < -0.39 is 6.10 Å². The molecule has 0 radical (unpaired) electrons. The maximum absolute atomic E-state index is 9.74. The number of benzene rings is 1. The van der Waals surface area contributed by atoms with Crippen LogP contribution >= 0.6 is 0 Å². The third kappa shape index (κ3) is 1.67. The van der Waals surface area contributed by atoms with E-state index in [0.717, 1.165) is 18.7 Å². The normalized spacial score (nSPS) is 17.6. The van der Waals surface area contributed by atoms with Crippen molar-refractivity contribution in [3.05, 3.63) is 23.8 Å². The van der Waals surface area contributed by atoms with Crippen LogP contribution in [-0.4, -0.2) is 32.3 Å². The molecule has 1 aromatic rings. The Hall–Kier alpha value is -1.22. The van der Waals surface area contributed by atoms with Gasteiger partial charge in [-0.25, -0.2) is 0 Å². The molecular formula is C12H18N2O. The molecule has 2 rings (SSSR count). The Morgan fingerprint density at radius 2 is 1.87 bits per heavy atom. The lowest BCUT2D eigenvalue weighted by Gasteiger charge is -2.36. The molecule has 1 N–H and O–H groups in total. The first-order valence-electron chi connectivity index (χ1n) is 5.34. The van der Waals surface area contributed by atoms with E-state index in [2.05, 4.69) is 30.0 Å². The molecule has 15 heavy (non-hydrogen) atoms. The Morgan fingerprint density at radius 1 is 1.20 bits per heavy atom. The molecule has 0 fully saturated rings. The standard InChI is InChI=1S/C12H18N2O/c1-9(15)10-5-4-6-11-12(10)14(3)8-7-13(11)2/h4-6,9,15H,7-8H2,1-3H3. The maximum Gasteiger partial charge on any atom is 0.0782 e. The van der Waals surface area contributed by atoms with Crippen LogP contribution in [-0.2, 0) is 0 Å². The number of likely N-dealkylation sites (N-methyl/N-ethyl adjacent to an activating group) is 2. The Balaban J connectivity index is 2.56. The molecule has 1 unspecified atom stereocenters. The lowest BCUT2D eigenvalue weighted by Crippen LogP contribution is -2.37.